The van der Waals surface area contributed by atoms with Crippen LogP contribution in [0.1, 0.15) is 46.7 Å². The first-order chi connectivity index (χ1) is 16.2. The van der Waals surface area contributed by atoms with E-state index < -0.39 is 47.9 Å². The molecule has 192 valence electrons. The van der Waals surface area contributed by atoms with Crippen molar-refractivity contribution in [2.24, 2.45) is 0 Å². The highest BCUT2D eigenvalue weighted by Gasteiger charge is 2.38. The summed E-state index contributed by atoms with van der Waals surface area (Å²) < 4.78 is 92.9. The fourth-order valence-electron chi connectivity index (χ4n) is 4.44. The zero-order valence-corrected chi connectivity index (χ0v) is 19.4. The zero-order valence-electron chi connectivity index (χ0n) is 19.4. The van der Waals surface area contributed by atoms with Crippen LogP contribution in [0.3, 0.4) is 0 Å². The highest BCUT2D eigenvalue weighted by molar-refractivity contribution is 5.75. The molecule has 1 heterocycles. The van der Waals surface area contributed by atoms with E-state index in [4.69, 9.17) is 0 Å². The lowest BCUT2D eigenvalue weighted by atomic mass is 9.89. The number of carbonyl (C=O) groups excluding carboxylic acids is 1. The number of hydrogen-bond donors (Lipinski definition) is 1. The van der Waals surface area contributed by atoms with Crippen molar-refractivity contribution in [1.82, 2.24) is 15.1 Å². The quantitative estimate of drug-likeness (QED) is 0.506. The van der Waals surface area contributed by atoms with Crippen molar-refractivity contribution in [2.75, 3.05) is 20.6 Å². The lowest BCUT2D eigenvalue weighted by Gasteiger charge is -2.42. The Morgan fingerprint density at radius 3 is 2.17 bits per heavy atom. The number of carbonyl (C=O) groups is 1. The van der Waals surface area contributed by atoms with Crippen LogP contribution in [0.5, 0.6) is 0 Å². The van der Waals surface area contributed by atoms with Gasteiger partial charge in [0.1, 0.15) is 5.82 Å². The largest absolute Gasteiger partial charge is 0.416 e. The summed E-state index contributed by atoms with van der Waals surface area (Å²) in [5.74, 6) is -0.424. The second kappa shape index (κ2) is 10.0. The zero-order chi connectivity index (χ0) is 26.1. The van der Waals surface area contributed by atoms with Crippen LogP contribution in [0, 0.1) is 12.7 Å². The lowest BCUT2D eigenvalue weighted by Crippen LogP contribution is -2.50. The van der Waals surface area contributed by atoms with Crippen molar-refractivity contribution in [2.45, 2.75) is 50.7 Å². The Bertz CT molecular complexity index is 1040. The summed E-state index contributed by atoms with van der Waals surface area (Å²) >= 11 is 0. The molecule has 1 fully saturated rings. The van der Waals surface area contributed by atoms with Crippen molar-refractivity contribution in [3.63, 3.8) is 0 Å². The molecule has 2 aromatic carbocycles. The Hall–Kier alpha value is -2.82. The first-order valence-electron chi connectivity index (χ1n) is 10.9. The van der Waals surface area contributed by atoms with Crippen LogP contribution in [0.4, 0.5) is 35.5 Å². The van der Waals surface area contributed by atoms with Crippen molar-refractivity contribution in [3.8, 4) is 0 Å². The molecule has 35 heavy (non-hydrogen) atoms. The molecule has 0 bridgehead atoms. The maximum absolute atomic E-state index is 13.7. The van der Waals surface area contributed by atoms with E-state index >= 15 is 0 Å². The highest BCUT2D eigenvalue weighted by Crippen LogP contribution is 2.37. The first kappa shape index (κ1) is 26.8. The van der Waals surface area contributed by atoms with Gasteiger partial charge in [-0.05, 0) is 73.8 Å². The van der Waals surface area contributed by atoms with Gasteiger partial charge in [-0.15, -0.1) is 0 Å². The molecule has 1 aliphatic heterocycles. The van der Waals surface area contributed by atoms with E-state index in [1.165, 1.54) is 24.1 Å². The molecule has 0 aliphatic carbocycles. The fraction of sp³-hybridized carbons (Fsp3) is 0.458. The van der Waals surface area contributed by atoms with Gasteiger partial charge in [-0.2, -0.15) is 26.3 Å². The second-order valence-electron chi connectivity index (χ2n) is 8.77. The fourth-order valence-corrected chi connectivity index (χ4v) is 4.44. The van der Waals surface area contributed by atoms with Gasteiger partial charge < -0.3 is 15.1 Å². The van der Waals surface area contributed by atoms with Crippen molar-refractivity contribution in [3.05, 3.63) is 70.0 Å². The second-order valence-corrected chi connectivity index (χ2v) is 8.77. The summed E-state index contributed by atoms with van der Waals surface area (Å²) in [5.41, 5.74) is -1.79. The van der Waals surface area contributed by atoms with Gasteiger partial charge in [0.15, 0.2) is 0 Å². The number of rotatable bonds is 4. The lowest BCUT2D eigenvalue weighted by molar-refractivity contribution is -0.143. The summed E-state index contributed by atoms with van der Waals surface area (Å²) in [6, 6.07) is 4.63. The van der Waals surface area contributed by atoms with Gasteiger partial charge >= 0.3 is 18.4 Å². The monoisotopic (exact) mass is 505 g/mol. The Kier molecular flexibility index (Phi) is 7.68. The number of piperidine rings is 1. The molecule has 1 aliphatic rings. The Balaban J connectivity index is 1.90. The molecule has 3 rings (SSSR count). The molecular weight excluding hydrogens is 479 g/mol. The van der Waals surface area contributed by atoms with Gasteiger partial charge in [0.2, 0.25) is 0 Å². The van der Waals surface area contributed by atoms with Crippen LogP contribution >= 0.6 is 0 Å². The van der Waals surface area contributed by atoms with E-state index in [0.29, 0.717) is 37.1 Å². The van der Waals surface area contributed by atoms with E-state index in [0.717, 1.165) is 10.5 Å². The molecule has 11 heteroatoms. The van der Waals surface area contributed by atoms with E-state index in [1.54, 1.807) is 20.0 Å². The van der Waals surface area contributed by atoms with Crippen LogP contribution in [-0.4, -0.2) is 42.5 Å². The van der Waals surface area contributed by atoms with Crippen LogP contribution in [0.2, 0.25) is 0 Å². The molecule has 0 spiro atoms. The molecule has 1 N–H and O–H groups in total. The normalized spacial score (nSPS) is 19.1. The molecule has 2 amide bonds. The number of likely N-dealkylation sites (tertiary alicyclic amines) is 1. The number of amides is 2. The summed E-state index contributed by atoms with van der Waals surface area (Å²) in [6.07, 6.45) is -8.82. The van der Waals surface area contributed by atoms with E-state index in [2.05, 4.69) is 5.32 Å². The predicted molar refractivity (Wildman–Crippen MR) is 116 cm³/mol. The smallest absolute Gasteiger partial charge is 0.323 e. The van der Waals surface area contributed by atoms with Crippen LogP contribution in [0.25, 0.3) is 0 Å². The molecule has 0 aromatic heterocycles. The number of benzene rings is 2. The first-order valence-corrected chi connectivity index (χ1v) is 10.9. The number of nitrogens with zero attached hydrogens (tertiary/aromatic N) is 2. The molecule has 4 nitrogen and oxygen atoms in total. The van der Waals surface area contributed by atoms with Gasteiger partial charge in [-0.1, -0.05) is 6.07 Å². The SMILES string of the molecule is CN[C@@H]1CCN(C(=O)N(C)Cc2cc(C(F)(F)F)cc(C(F)(F)F)c2)[C@H](c2ccc(F)cc2C)C1. The van der Waals surface area contributed by atoms with E-state index in [9.17, 15) is 35.5 Å². The third-order valence-electron chi connectivity index (χ3n) is 6.24. The summed E-state index contributed by atoms with van der Waals surface area (Å²) in [4.78, 5) is 16.0. The average Bonchev–Trinajstić information content (AvgIpc) is 2.77. The van der Waals surface area contributed by atoms with E-state index in [1.807, 2.05) is 0 Å². The maximum atomic E-state index is 13.7. The number of nitrogens with one attached hydrogen (secondary N) is 1. The van der Waals surface area contributed by atoms with Crippen molar-refractivity contribution >= 4 is 6.03 Å². The van der Waals surface area contributed by atoms with Crippen molar-refractivity contribution in [1.29, 1.82) is 0 Å². The van der Waals surface area contributed by atoms with E-state index in [-0.39, 0.29) is 17.7 Å². The topological polar surface area (TPSA) is 35.6 Å². The predicted octanol–water partition coefficient (Wildman–Crippen LogP) is 6.15. The van der Waals surface area contributed by atoms with Gasteiger partial charge in [-0.3, -0.25) is 0 Å². The summed E-state index contributed by atoms with van der Waals surface area (Å²) in [5, 5.41) is 3.16. The van der Waals surface area contributed by atoms with Gasteiger partial charge in [-0.25, -0.2) is 9.18 Å². The Labute approximate surface area is 198 Å². The number of aryl methyl sites for hydroxylation is 1. The third-order valence-corrected chi connectivity index (χ3v) is 6.24. The maximum Gasteiger partial charge on any atom is 0.416 e. The number of urea groups is 1. The van der Waals surface area contributed by atoms with Crippen molar-refractivity contribution < 1.29 is 35.5 Å². The molecule has 0 unspecified atom stereocenters. The summed E-state index contributed by atoms with van der Waals surface area (Å²) in [7, 11) is 3.11. The van der Waals surface area contributed by atoms with Crippen LogP contribution in [-0.2, 0) is 18.9 Å². The molecule has 2 aromatic rings. The summed E-state index contributed by atoms with van der Waals surface area (Å²) in [6.45, 7) is 1.58. The molecule has 1 saturated heterocycles. The Morgan fingerprint density at radius 1 is 1.06 bits per heavy atom. The number of alkyl halides is 6. The Morgan fingerprint density at radius 2 is 1.66 bits per heavy atom. The highest BCUT2D eigenvalue weighted by atomic mass is 19.4. The standard InChI is InChI=1S/C24H26F7N3O/c1-14-8-18(25)4-5-20(14)21-12-19(32-2)6-7-34(21)22(35)33(3)13-15-9-16(23(26,27)28)11-17(10-15)24(29,30)31/h4-5,8-11,19,21,32H,6-7,12-13H2,1-3H3/t19-,21+/m1/s1. The van der Waals surface area contributed by atoms with Gasteiger partial charge in [0.05, 0.1) is 17.2 Å². The average molecular weight is 505 g/mol. The minimum absolute atomic E-state index is 0.0567. The van der Waals surface area contributed by atoms with Crippen LogP contribution in [0.15, 0.2) is 36.4 Å². The minimum Gasteiger partial charge on any atom is -0.323 e. The number of hydrogen-bond acceptors (Lipinski definition) is 2. The molecule has 0 radical (unpaired) electrons. The third kappa shape index (κ3) is 6.25. The van der Waals surface area contributed by atoms with Crippen LogP contribution < -0.4 is 5.32 Å². The molecule has 2 atom stereocenters. The molecular formula is C24H26F7N3O. The van der Waals surface area contributed by atoms with Gasteiger partial charge in [0, 0.05) is 26.2 Å². The molecule has 0 saturated carbocycles. The number of halogens is 7. The minimum atomic E-state index is -4.97. The van der Waals surface area contributed by atoms with Gasteiger partial charge in [0.25, 0.3) is 0 Å².